The smallest absolute Gasteiger partial charge is 0.264 e. The summed E-state index contributed by atoms with van der Waals surface area (Å²) in [5, 5.41) is 0. The van der Waals surface area contributed by atoms with Crippen LogP contribution in [0.25, 0.3) is 0 Å². The van der Waals surface area contributed by atoms with E-state index in [0.717, 1.165) is 12.8 Å². The molecule has 0 spiro atoms. The van der Waals surface area contributed by atoms with Crippen molar-refractivity contribution in [1.29, 1.82) is 0 Å². The Morgan fingerprint density at radius 1 is 0.957 bits per heavy atom. The molecule has 0 aliphatic rings. The number of nitrogens with zero attached hydrogens (tertiary/aromatic N) is 1. The van der Waals surface area contributed by atoms with E-state index in [1.165, 1.54) is 81.4 Å². The van der Waals surface area contributed by atoms with Crippen LogP contribution in [0.5, 0.6) is 0 Å². The molecule has 1 aromatic heterocycles. The molecule has 1 atom stereocenters. The molecule has 0 saturated heterocycles. The van der Waals surface area contributed by atoms with Gasteiger partial charge < -0.3 is 0 Å². The summed E-state index contributed by atoms with van der Waals surface area (Å²) in [6.45, 7) is 2.91. The van der Waals surface area contributed by atoms with Crippen LogP contribution in [0.4, 0.5) is 0 Å². The molecule has 5 nitrogen and oxygen atoms in total. The Morgan fingerprint density at radius 2 is 1.48 bits per heavy atom. The van der Waals surface area contributed by atoms with Crippen molar-refractivity contribution in [3.63, 3.8) is 0 Å². The lowest BCUT2D eigenvalue weighted by molar-refractivity contribution is -0.860. The molecule has 0 bridgehead atoms. The van der Waals surface area contributed by atoms with E-state index in [-0.39, 0.29) is 4.90 Å². The molecular weight excluding hydrogens is 312 g/mol. The van der Waals surface area contributed by atoms with Crippen molar-refractivity contribution < 1.29 is 18.5 Å². The van der Waals surface area contributed by atoms with Gasteiger partial charge >= 0.3 is 10.5 Å². The first kappa shape index (κ1) is 20.2. The van der Waals surface area contributed by atoms with Gasteiger partial charge in [-0.1, -0.05) is 58.3 Å². The third-order valence-corrected chi connectivity index (χ3v) is 5.05. The molecule has 0 aromatic carbocycles. The van der Waals surface area contributed by atoms with E-state index in [0.29, 0.717) is 6.54 Å². The number of aromatic nitrogens is 1. The van der Waals surface area contributed by atoms with Gasteiger partial charge in [-0.3, -0.25) is 4.98 Å². The second-order valence-corrected chi connectivity index (χ2v) is 7.44. The maximum atomic E-state index is 11.8. The minimum Gasteiger partial charge on any atom is -0.264 e. The molecule has 2 N–H and O–H groups in total. The van der Waals surface area contributed by atoms with Gasteiger partial charge in [0.2, 0.25) is 4.90 Å². The highest BCUT2D eigenvalue weighted by molar-refractivity contribution is 7.92. The molecule has 1 unspecified atom stereocenters. The van der Waals surface area contributed by atoms with Crippen molar-refractivity contribution in [2.75, 3.05) is 6.54 Å². The standard InChI is InChI=1S/C17H30N2O3S/c1-2-3-4-5-6-7-8-9-10-11-14-19-22-23(20,21)17-12-15-18-16-13-17/h12-13,15-16,19H,2-11,14H2,1H3/q+1/p+1. The fourth-order valence-corrected chi connectivity index (χ4v) is 3.25. The third-order valence-electron chi connectivity index (χ3n) is 3.81. The Balaban J connectivity index is 1.94. The number of hydroxylamine groups is 1. The van der Waals surface area contributed by atoms with Crippen molar-refractivity contribution >= 4 is 10.5 Å². The number of quaternary nitrogens is 1. The Hall–Kier alpha value is -0.820. The van der Waals surface area contributed by atoms with Gasteiger partial charge in [-0.15, -0.1) is 5.48 Å². The van der Waals surface area contributed by atoms with Gasteiger partial charge in [-0.2, -0.15) is 0 Å². The Morgan fingerprint density at radius 3 is 2.04 bits per heavy atom. The Bertz CT molecular complexity index is 443. The molecule has 0 fully saturated rings. The van der Waals surface area contributed by atoms with E-state index in [4.69, 9.17) is 4.28 Å². The average Bonchev–Trinajstić information content (AvgIpc) is 2.56. The van der Waals surface area contributed by atoms with Crippen molar-refractivity contribution in [1.82, 2.24) is 4.98 Å². The second-order valence-electron chi connectivity index (χ2n) is 5.87. The van der Waals surface area contributed by atoms with Crippen molar-refractivity contribution in [3.05, 3.63) is 24.5 Å². The first-order chi connectivity index (χ1) is 11.2. The zero-order valence-corrected chi connectivity index (χ0v) is 15.1. The maximum Gasteiger partial charge on any atom is 0.482 e. The number of pyridine rings is 1. The highest BCUT2D eigenvalue weighted by Gasteiger charge is 2.38. The molecule has 1 heterocycles. The van der Waals surface area contributed by atoms with Crippen LogP contribution in [-0.4, -0.2) is 11.5 Å². The SMILES string of the molecule is CCCCCCCCCCCC[NH2+]O[S+]([O])(=O)c1ccncc1. The lowest BCUT2D eigenvalue weighted by Gasteiger charge is -2.01. The zero-order valence-electron chi connectivity index (χ0n) is 14.2. The highest BCUT2D eigenvalue weighted by Crippen LogP contribution is 2.14. The van der Waals surface area contributed by atoms with E-state index in [1.54, 1.807) is 0 Å². The van der Waals surface area contributed by atoms with Crippen molar-refractivity contribution in [2.24, 2.45) is 0 Å². The number of rotatable bonds is 14. The fourth-order valence-electron chi connectivity index (χ4n) is 2.41. The highest BCUT2D eigenvalue weighted by atomic mass is 32.3. The lowest BCUT2D eigenvalue weighted by atomic mass is 10.1. The molecule has 6 heteroatoms. The predicted molar refractivity (Wildman–Crippen MR) is 91.0 cm³/mol. The quantitative estimate of drug-likeness (QED) is 0.318. The minimum atomic E-state index is -3.67. The zero-order chi connectivity index (χ0) is 16.8. The molecule has 0 saturated carbocycles. The fraction of sp³-hybridized carbons (Fsp3) is 0.706. The second kappa shape index (κ2) is 12.6. The predicted octanol–water partition coefficient (Wildman–Crippen LogP) is 3.62. The number of unbranched alkanes of at least 4 members (excludes halogenated alkanes) is 9. The Labute approximate surface area is 141 Å². The van der Waals surface area contributed by atoms with Crippen LogP contribution < -0.4 is 5.48 Å². The minimum absolute atomic E-state index is 0.145. The summed E-state index contributed by atoms with van der Waals surface area (Å²) in [6, 6.07) is 2.87. The summed E-state index contributed by atoms with van der Waals surface area (Å²) < 4.78 is 28.6. The number of hydrogen-bond acceptors (Lipinski definition) is 3. The summed E-state index contributed by atoms with van der Waals surface area (Å²) in [4.78, 5) is 3.94. The average molecular weight is 344 g/mol. The van der Waals surface area contributed by atoms with Crippen LogP contribution in [-0.2, 0) is 23.5 Å². The van der Waals surface area contributed by atoms with Gasteiger partial charge in [0.15, 0.2) is 0 Å². The molecule has 0 amide bonds. The first-order valence-corrected chi connectivity index (χ1v) is 10.2. The van der Waals surface area contributed by atoms with E-state index >= 15 is 0 Å². The van der Waals surface area contributed by atoms with Crippen LogP contribution in [0.1, 0.15) is 71.1 Å². The molecule has 1 aromatic rings. The van der Waals surface area contributed by atoms with E-state index in [2.05, 4.69) is 11.9 Å². The molecular formula is C17H31N2O3S+2. The molecule has 0 aliphatic carbocycles. The van der Waals surface area contributed by atoms with Crippen molar-refractivity contribution in [3.8, 4) is 0 Å². The van der Waals surface area contributed by atoms with Gasteiger partial charge in [-0.05, 0) is 17.1 Å². The molecule has 131 valence electrons. The van der Waals surface area contributed by atoms with E-state index in [9.17, 15) is 8.76 Å². The van der Waals surface area contributed by atoms with Gasteiger partial charge in [0, 0.05) is 24.5 Å². The van der Waals surface area contributed by atoms with Crippen LogP contribution in [0.3, 0.4) is 0 Å². The van der Waals surface area contributed by atoms with E-state index in [1.807, 2.05) is 0 Å². The van der Waals surface area contributed by atoms with Crippen LogP contribution in [0, 0.1) is 0 Å². The molecule has 1 radical (unpaired) electrons. The normalized spacial score (nSPS) is 13.8. The molecule has 23 heavy (non-hydrogen) atoms. The monoisotopic (exact) mass is 343 g/mol. The van der Waals surface area contributed by atoms with Gasteiger partial charge in [0.1, 0.15) is 6.54 Å². The Kier molecular flexibility index (Phi) is 11.1. The van der Waals surface area contributed by atoms with Crippen LogP contribution >= 0.6 is 0 Å². The maximum absolute atomic E-state index is 11.8. The van der Waals surface area contributed by atoms with Crippen LogP contribution in [0.2, 0.25) is 0 Å². The first-order valence-electron chi connectivity index (χ1n) is 8.82. The van der Waals surface area contributed by atoms with Gasteiger partial charge in [-0.25, -0.2) is 0 Å². The number of nitrogens with two attached hydrogens (primary N) is 1. The molecule has 0 aliphatic heterocycles. The summed E-state index contributed by atoms with van der Waals surface area (Å²) >= 11 is 0. The van der Waals surface area contributed by atoms with Gasteiger partial charge in [0.05, 0.1) is 8.84 Å². The molecule has 1 rings (SSSR count). The topological polar surface area (TPSA) is 75.7 Å². The number of hydrogen-bond donors (Lipinski definition) is 1. The van der Waals surface area contributed by atoms with Crippen molar-refractivity contribution in [2.45, 2.75) is 76.0 Å². The largest absolute Gasteiger partial charge is 0.482 e. The summed E-state index contributed by atoms with van der Waals surface area (Å²) in [7, 11) is -3.67. The summed E-state index contributed by atoms with van der Waals surface area (Å²) in [5.41, 5.74) is 1.40. The summed E-state index contributed by atoms with van der Waals surface area (Å²) in [6.07, 6.45) is 15.5. The van der Waals surface area contributed by atoms with E-state index < -0.39 is 10.5 Å². The third kappa shape index (κ3) is 9.81. The van der Waals surface area contributed by atoms with Gasteiger partial charge in [0.25, 0.3) is 0 Å². The lowest BCUT2D eigenvalue weighted by Crippen LogP contribution is -2.84. The summed E-state index contributed by atoms with van der Waals surface area (Å²) in [5.74, 6) is 0. The van der Waals surface area contributed by atoms with Crippen LogP contribution in [0.15, 0.2) is 29.4 Å².